The Balaban J connectivity index is 0.723. The zero-order chi connectivity index (χ0) is 43.2. The smallest absolute Gasteiger partial charge is 0.328 e. The van der Waals surface area contributed by atoms with E-state index in [4.69, 9.17) is 4.74 Å². The van der Waals surface area contributed by atoms with Crippen molar-refractivity contribution in [2.45, 2.75) is 90.5 Å². The normalized spacial score (nSPS) is 29.5. The van der Waals surface area contributed by atoms with Crippen molar-refractivity contribution in [1.29, 1.82) is 0 Å². The van der Waals surface area contributed by atoms with Crippen molar-refractivity contribution in [1.82, 2.24) is 40.0 Å². The Morgan fingerprint density at radius 3 is 2.53 bits per heavy atom. The van der Waals surface area contributed by atoms with Crippen molar-refractivity contribution < 1.29 is 28.6 Å². The maximum atomic E-state index is 13.8. The number of urea groups is 1. The minimum atomic E-state index is -0.499. The van der Waals surface area contributed by atoms with Gasteiger partial charge in [0.2, 0.25) is 12.1 Å². The maximum absolute atomic E-state index is 13.8. The predicted octanol–water partition coefficient (Wildman–Crippen LogP) is 5.32. The molecule has 3 unspecified atom stereocenters. The van der Waals surface area contributed by atoms with Crippen LogP contribution in [0.3, 0.4) is 0 Å². The Kier molecular flexibility index (Phi) is 11.4. The van der Waals surface area contributed by atoms with E-state index in [1.165, 1.54) is 32.1 Å². The van der Waals surface area contributed by atoms with E-state index >= 15 is 0 Å². The molecular formula is C47H61N10O5+. The Bertz CT molecular complexity index is 2310. The van der Waals surface area contributed by atoms with Gasteiger partial charge in [-0.05, 0) is 132 Å². The summed E-state index contributed by atoms with van der Waals surface area (Å²) in [5, 5.41) is 9.69. The highest BCUT2D eigenvalue weighted by Crippen LogP contribution is 2.43. The number of hydrazone groups is 1. The van der Waals surface area contributed by atoms with Gasteiger partial charge in [0.15, 0.2) is 17.7 Å². The molecule has 6 heterocycles. The monoisotopic (exact) mass is 845 g/mol. The molecule has 62 heavy (non-hydrogen) atoms. The number of imide groups is 1. The van der Waals surface area contributed by atoms with Gasteiger partial charge in [0.25, 0.3) is 11.8 Å². The number of ether oxygens (including phenoxy) is 1. The molecule has 3 saturated heterocycles. The van der Waals surface area contributed by atoms with Crippen LogP contribution in [0, 0.1) is 29.1 Å². The molecule has 3 N–H and O–H groups in total. The summed E-state index contributed by atoms with van der Waals surface area (Å²) in [4.78, 5) is 62.4. The summed E-state index contributed by atoms with van der Waals surface area (Å²) in [5.41, 5.74) is 7.03. The number of nitrogens with one attached hydrogen (secondary N) is 3. The lowest BCUT2D eigenvalue weighted by Gasteiger charge is -2.47. The first-order valence-corrected chi connectivity index (χ1v) is 22.7. The number of rotatable bonds is 9. The summed E-state index contributed by atoms with van der Waals surface area (Å²) in [6.07, 6.45) is 26.3. The van der Waals surface area contributed by atoms with Gasteiger partial charge in [0.05, 0.1) is 24.5 Å². The number of amides is 5. The molecule has 0 radical (unpaired) electrons. The summed E-state index contributed by atoms with van der Waals surface area (Å²) < 4.78 is 9.40. The van der Waals surface area contributed by atoms with Crippen molar-refractivity contribution in [3.05, 3.63) is 83.2 Å². The molecule has 5 amide bonds. The number of hydrazine groups is 1. The number of hydrogen-bond acceptors (Lipinski definition) is 9. The number of fused-ring (bicyclic) bond motifs is 2. The minimum absolute atomic E-state index is 0.0556. The molecule has 0 aromatic carbocycles. The SMILES string of the molecule is COC1=CC2(C)N/[N+](=C\C3CCC(CCN4CCC5(CC4)CCN(C(=O)C4=CC(C)C(C)C(N6CCC(=O)NC6=O)=C4)CC5)CC3)C=C2C=C1C(=O)Nc1cnc2cccnn12. The lowest BCUT2D eigenvalue weighted by atomic mass is 9.71. The molecule has 328 valence electrons. The average molecular weight is 846 g/mol. The zero-order valence-electron chi connectivity index (χ0n) is 36.6. The maximum Gasteiger partial charge on any atom is 0.328 e. The van der Waals surface area contributed by atoms with Gasteiger partial charge in [-0.1, -0.05) is 24.6 Å². The highest BCUT2D eigenvalue weighted by Gasteiger charge is 2.44. The number of carbonyl (C=O) groups excluding carboxylic acids is 4. The molecule has 2 aromatic heterocycles. The van der Waals surface area contributed by atoms with Crippen molar-refractivity contribution >= 4 is 41.4 Å². The van der Waals surface area contributed by atoms with Crippen LogP contribution in [-0.2, 0) is 19.1 Å². The number of nitrogens with zero attached hydrogens (tertiary/aromatic N) is 7. The molecule has 15 nitrogen and oxygen atoms in total. The Morgan fingerprint density at radius 1 is 1.03 bits per heavy atom. The van der Waals surface area contributed by atoms with Crippen LogP contribution in [0.25, 0.3) is 5.65 Å². The number of aromatic nitrogens is 3. The largest absolute Gasteiger partial charge is 0.496 e. The fourth-order valence-electron chi connectivity index (χ4n) is 10.7. The highest BCUT2D eigenvalue weighted by molar-refractivity contribution is 6.07. The molecule has 1 saturated carbocycles. The third-order valence-corrected chi connectivity index (χ3v) is 15.0. The fraction of sp³-hybridized carbons (Fsp3) is 0.553. The molecule has 4 fully saturated rings. The quantitative estimate of drug-likeness (QED) is 0.285. The zero-order valence-corrected chi connectivity index (χ0v) is 36.6. The van der Waals surface area contributed by atoms with Gasteiger partial charge in [-0.15, -0.1) is 0 Å². The van der Waals surface area contributed by atoms with Crippen LogP contribution in [0.1, 0.15) is 85.0 Å². The van der Waals surface area contributed by atoms with Gasteiger partial charge in [-0.2, -0.15) is 15.0 Å². The second-order valence-corrected chi connectivity index (χ2v) is 18.9. The molecule has 3 aliphatic carbocycles. The van der Waals surface area contributed by atoms with Gasteiger partial charge in [-0.25, -0.2) is 9.78 Å². The van der Waals surface area contributed by atoms with Gasteiger partial charge in [0.1, 0.15) is 11.3 Å². The van der Waals surface area contributed by atoms with Crippen molar-refractivity contribution in [2.24, 2.45) is 29.1 Å². The van der Waals surface area contributed by atoms with E-state index in [-0.39, 0.29) is 36.0 Å². The van der Waals surface area contributed by atoms with Gasteiger partial charge in [-0.3, -0.25) is 24.6 Å². The predicted molar refractivity (Wildman–Crippen MR) is 234 cm³/mol. The minimum Gasteiger partial charge on any atom is -0.496 e. The topological polar surface area (TPSA) is 157 Å². The van der Waals surface area contributed by atoms with E-state index in [2.05, 4.69) is 75.0 Å². The first-order valence-electron chi connectivity index (χ1n) is 22.7. The third kappa shape index (κ3) is 8.35. The molecule has 15 heteroatoms. The number of allylic oxidation sites excluding steroid dienone is 2. The lowest BCUT2D eigenvalue weighted by molar-refractivity contribution is -0.518. The second kappa shape index (κ2) is 16.9. The Labute approximate surface area is 363 Å². The van der Waals surface area contributed by atoms with Crippen LogP contribution in [0.15, 0.2) is 83.2 Å². The standard InChI is InChI=1S/C47H60N10O5/c1-31-24-35(25-38(32(31)2)56-19-12-42(58)51-45(56)61)44(60)54-22-15-47(16-23-54)13-20-53(21-14-47)18-11-33-7-9-34(10-8-33)29-55-30-36-26-37(39(62-4)27-46(36,3)52-55)43(59)50-41-28-48-40-6-5-17-49-57(40)41/h5-6,17,24-34,52H,7-16,18-23H2,1-4H3,(H-,49,50,51,58,59,61)/p+1/b55-29-. The summed E-state index contributed by atoms with van der Waals surface area (Å²) in [7, 11) is 1.59. The number of carbonyl (C=O) groups is 4. The number of hydrogen-bond donors (Lipinski definition) is 3. The van der Waals surface area contributed by atoms with Crippen LogP contribution in [0.4, 0.5) is 10.6 Å². The molecule has 0 bridgehead atoms. The summed E-state index contributed by atoms with van der Waals surface area (Å²) in [6.45, 7) is 11.6. The number of methoxy groups -OCH3 is 1. The summed E-state index contributed by atoms with van der Waals surface area (Å²) in [5.74, 6) is 1.94. The van der Waals surface area contributed by atoms with Crippen molar-refractivity contribution in [2.75, 3.05) is 51.7 Å². The van der Waals surface area contributed by atoms with Crippen molar-refractivity contribution in [3.8, 4) is 0 Å². The van der Waals surface area contributed by atoms with Gasteiger partial charge >= 0.3 is 6.03 Å². The van der Waals surface area contributed by atoms with Crippen LogP contribution in [0.5, 0.6) is 0 Å². The lowest BCUT2D eigenvalue weighted by Crippen LogP contribution is -2.51. The second-order valence-electron chi connectivity index (χ2n) is 18.9. The van der Waals surface area contributed by atoms with Gasteiger partial charge < -0.3 is 19.9 Å². The number of imidazole rings is 1. The van der Waals surface area contributed by atoms with Crippen LogP contribution in [0.2, 0.25) is 0 Å². The van der Waals surface area contributed by atoms with E-state index in [1.54, 1.807) is 35.0 Å². The highest BCUT2D eigenvalue weighted by atomic mass is 16.5. The number of piperidine rings is 2. The van der Waals surface area contributed by atoms with Crippen LogP contribution < -0.4 is 16.1 Å². The molecule has 1 spiro atoms. The first kappa shape index (κ1) is 41.8. The fourth-order valence-corrected chi connectivity index (χ4v) is 10.7. The Morgan fingerprint density at radius 2 is 1.79 bits per heavy atom. The third-order valence-electron chi connectivity index (χ3n) is 15.0. The first-order chi connectivity index (χ1) is 29.9. The van der Waals surface area contributed by atoms with E-state index in [0.717, 1.165) is 75.6 Å². The number of likely N-dealkylation sites (tertiary alicyclic amines) is 2. The van der Waals surface area contributed by atoms with Crippen LogP contribution in [-0.4, -0.2) is 116 Å². The van der Waals surface area contributed by atoms with E-state index in [0.29, 0.717) is 46.2 Å². The van der Waals surface area contributed by atoms with Gasteiger partial charge in [0, 0.05) is 55.4 Å². The van der Waals surface area contributed by atoms with Crippen LogP contribution >= 0.6 is 0 Å². The molecule has 4 aliphatic heterocycles. The Hall–Kier alpha value is -5.57. The van der Waals surface area contributed by atoms with Crippen molar-refractivity contribution in [3.63, 3.8) is 0 Å². The summed E-state index contributed by atoms with van der Waals surface area (Å²) >= 11 is 0. The van der Waals surface area contributed by atoms with E-state index in [9.17, 15) is 19.2 Å². The summed E-state index contributed by atoms with van der Waals surface area (Å²) in [6, 6.07) is 3.25. The average Bonchev–Trinajstić information content (AvgIpc) is 3.83. The molecule has 9 rings (SSSR count). The molecule has 3 atom stereocenters. The molecular weight excluding hydrogens is 785 g/mol. The molecule has 7 aliphatic rings. The molecule has 2 aromatic rings. The van der Waals surface area contributed by atoms with E-state index in [1.807, 2.05) is 29.2 Å². The number of anilines is 1. The van der Waals surface area contributed by atoms with E-state index < -0.39 is 11.6 Å².